The fourth-order valence-corrected chi connectivity index (χ4v) is 5.18. The maximum atomic E-state index is 13.2. The molecule has 1 heterocycles. The summed E-state index contributed by atoms with van der Waals surface area (Å²) in [6.45, 7) is 7.14. The predicted octanol–water partition coefficient (Wildman–Crippen LogP) is 4.57. The number of aryl methyl sites for hydroxylation is 1. The van der Waals surface area contributed by atoms with Crippen molar-refractivity contribution in [2.24, 2.45) is 0 Å². The van der Waals surface area contributed by atoms with Crippen molar-refractivity contribution in [3.63, 3.8) is 0 Å². The normalized spacial score (nSPS) is 15.5. The van der Waals surface area contributed by atoms with Crippen molar-refractivity contribution in [2.45, 2.75) is 50.8 Å². The van der Waals surface area contributed by atoms with Gasteiger partial charge >= 0.3 is 0 Å². The van der Waals surface area contributed by atoms with E-state index in [1.165, 1.54) is 10.4 Å². The van der Waals surface area contributed by atoms with Gasteiger partial charge in [-0.3, -0.25) is 4.79 Å². The highest BCUT2D eigenvalue weighted by Gasteiger charge is 2.27. The molecule has 5 nitrogen and oxygen atoms in total. The second-order valence-electron chi connectivity index (χ2n) is 8.06. The molecule has 0 radical (unpaired) electrons. The van der Waals surface area contributed by atoms with E-state index in [0.29, 0.717) is 24.6 Å². The molecule has 0 bridgehead atoms. The summed E-state index contributed by atoms with van der Waals surface area (Å²) in [4.78, 5) is 15.0. The zero-order valence-corrected chi connectivity index (χ0v) is 18.5. The fraction of sp³-hybridized carbons (Fsp3) is 0.435. The van der Waals surface area contributed by atoms with Crippen LogP contribution in [0.2, 0.25) is 0 Å². The van der Waals surface area contributed by atoms with E-state index < -0.39 is 10.0 Å². The Hall–Kier alpha value is -2.18. The summed E-state index contributed by atoms with van der Waals surface area (Å²) in [5.41, 5.74) is 3.13. The highest BCUT2D eigenvalue weighted by atomic mass is 32.2. The van der Waals surface area contributed by atoms with Crippen LogP contribution in [0.25, 0.3) is 0 Å². The number of sulfonamides is 1. The first kappa shape index (κ1) is 21.5. The number of benzene rings is 2. The molecule has 1 aliphatic heterocycles. The van der Waals surface area contributed by atoms with Crippen LogP contribution in [0, 0.1) is 6.92 Å². The zero-order chi connectivity index (χ0) is 21.2. The lowest BCUT2D eigenvalue weighted by Gasteiger charge is -2.26. The van der Waals surface area contributed by atoms with Crippen molar-refractivity contribution >= 4 is 21.6 Å². The van der Waals surface area contributed by atoms with E-state index >= 15 is 0 Å². The molecular formula is C23H30N2O3S. The third-order valence-electron chi connectivity index (χ3n) is 5.62. The van der Waals surface area contributed by atoms with Gasteiger partial charge in [0.05, 0.1) is 4.90 Å². The minimum absolute atomic E-state index is 0.192. The lowest BCUT2D eigenvalue weighted by molar-refractivity contribution is 0.0992. The van der Waals surface area contributed by atoms with E-state index in [1.807, 2.05) is 31.2 Å². The Morgan fingerprint density at radius 3 is 2.38 bits per heavy atom. The molecule has 0 aromatic heterocycles. The predicted molar refractivity (Wildman–Crippen MR) is 117 cm³/mol. The summed E-state index contributed by atoms with van der Waals surface area (Å²) >= 11 is 0. The Balaban J connectivity index is 1.93. The van der Waals surface area contributed by atoms with Crippen LogP contribution in [0.5, 0.6) is 0 Å². The van der Waals surface area contributed by atoms with Crippen LogP contribution in [0.15, 0.2) is 47.4 Å². The van der Waals surface area contributed by atoms with Gasteiger partial charge in [0.2, 0.25) is 10.0 Å². The van der Waals surface area contributed by atoms with Gasteiger partial charge in [-0.15, -0.1) is 0 Å². The molecular weight excluding hydrogens is 384 g/mol. The van der Waals surface area contributed by atoms with E-state index in [1.54, 1.807) is 24.1 Å². The minimum atomic E-state index is -3.58. The summed E-state index contributed by atoms with van der Waals surface area (Å²) < 4.78 is 27.6. The monoisotopic (exact) mass is 414 g/mol. The van der Waals surface area contributed by atoms with Crippen molar-refractivity contribution in [3.8, 4) is 0 Å². The largest absolute Gasteiger partial charge is 0.311 e. The first-order valence-electron chi connectivity index (χ1n) is 10.2. The van der Waals surface area contributed by atoms with Crippen LogP contribution in [-0.2, 0) is 10.0 Å². The molecule has 156 valence electrons. The average molecular weight is 415 g/mol. The van der Waals surface area contributed by atoms with Crippen molar-refractivity contribution in [1.29, 1.82) is 0 Å². The van der Waals surface area contributed by atoms with Crippen LogP contribution in [0.4, 0.5) is 5.69 Å². The van der Waals surface area contributed by atoms with Crippen LogP contribution in [0.3, 0.4) is 0 Å². The Morgan fingerprint density at radius 1 is 1.03 bits per heavy atom. The SMILES string of the molecule is Cc1ccc(S(=O)(=O)N2CCCCC2)cc1C(=O)N(C)c1cccc(C(C)C)c1. The van der Waals surface area contributed by atoms with Gasteiger partial charge in [-0.05, 0) is 61.1 Å². The second kappa shape index (κ2) is 8.67. The van der Waals surface area contributed by atoms with Crippen molar-refractivity contribution in [1.82, 2.24) is 4.31 Å². The maximum absolute atomic E-state index is 13.2. The average Bonchev–Trinajstić information content (AvgIpc) is 2.73. The van der Waals surface area contributed by atoms with Crippen molar-refractivity contribution in [2.75, 3.05) is 25.0 Å². The number of piperidine rings is 1. The van der Waals surface area contributed by atoms with E-state index in [-0.39, 0.29) is 10.8 Å². The highest BCUT2D eigenvalue weighted by molar-refractivity contribution is 7.89. The Bertz CT molecular complexity index is 993. The highest BCUT2D eigenvalue weighted by Crippen LogP contribution is 2.26. The molecule has 0 unspecified atom stereocenters. The Kier molecular flexibility index (Phi) is 6.44. The van der Waals surface area contributed by atoms with Gasteiger partial charge in [-0.1, -0.05) is 38.5 Å². The first-order valence-corrected chi connectivity index (χ1v) is 11.6. The number of carbonyl (C=O) groups is 1. The zero-order valence-electron chi connectivity index (χ0n) is 17.7. The third kappa shape index (κ3) is 4.54. The molecule has 0 aliphatic carbocycles. The van der Waals surface area contributed by atoms with Crippen molar-refractivity contribution < 1.29 is 13.2 Å². The lowest BCUT2D eigenvalue weighted by atomic mass is 10.0. The smallest absolute Gasteiger partial charge is 0.258 e. The molecule has 1 fully saturated rings. The quantitative estimate of drug-likeness (QED) is 0.720. The number of hydrogen-bond acceptors (Lipinski definition) is 3. The van der Waals surface area contributed by atoms with Gasteiger partial charge in [-0.25, -0.2) is 8.42 Å². The minimum Gasteiger partial charge on any atom is -0.311 e. The molecule has 1 amide bonds. The number of rotatable bonds is 5. The van der Waals surface area contributed by atoms with Crippen LogP contribution in [-0.4, -0.2) is 38.8 Å². The summed E-state index contributed by atoms with van der Waals surface area (Å²) in [7, 11) is -1.85. The van der Waals surface area contributed by atoms with E-state index in [2.05, 4.69) is 13.8 Å². The van der Waals surface area contributed by atoms with Gasteiger partial charge in [0, 0.05) is 31.4 Å². The van der Waals surface area contributed by atoms with E-state index in [0.717, 1.165) is 36.1 Å². The topological polar surface area (TPSA) is 57.7 Å². The second-order valence-corrected chi connectivity index (χ2v) is 9.99. The van der Waals surface area contributed by atoms with E-state index in [4.69, 9.17) is 0 Å². The number of amides is 1. The summed E-state index contributed by atoms with van der Waals surface area (Å²) in [6.07, 6.45) is 2.82. The summed E-state index contributed by atoms with van der Waals surface area (Å²) in [5.74, 6) is 0.150. The van der Waals surface area contributed by atoms with Crippen LogP contribution >= 0.6 is 0 Å². The fourth-order valence-electron chi connectivity index (χ4n) is 3.64. The molecule has 0 saturated carbocycles. The third-order valence-corrected chi connectivity index (χ3v) is 7.52. The first-order chi connectivity index (χ1) is 13.7. The summed E-state index contributed by atoms with van der Waals surface area (Å²) in [5, 5.41) is 0. The molecule has 2 aromatic rings. The van der Waals surface area contributed by atoms with Gasteiger partial charge in [0.15, 0.2) is 0 Å². The number of nitrogens with zero attached hydrogens (tertiary/aromatic N) is 2. The molecule has 1 aliphatic rings. The molecule has 1 saturated heterocycles. The molecule has 6 heteroatoms. The number of carbonyl (C=O) groups excluding carboxylic acids is 1. The van der Waals surface area contributed by atoms with Gasteiger partial charge in [0.25, 0.3) is 5.91 Å². The van der Waals surface area contributed by atoms with Crippen LogP contribution in [0.1, 0.15) is 60.5 Å². The molecule has 0 spiro atoms. The number of hydrogen-bond donors (Lipinski definition) is 0. The molecule has 2 aromatic carbocycles. The molecule has 29 heavy (non-hydrogen) atoms. The lowest BCUT2D eigenvalue weighted by Crippen LogP contribution is -2.36. The maximum Gasteiger partial charge on any atom is 0.258 e. The van der Waals surface area contributed by atoms with Gasteiger partial charge in [0.1, 0.15) is 0 Å². The van der Waals surface area contributed by atoms with Crippen molar-refractivity contribution in [3.05, 3.63) is 59.2 Å². The molecule has 0 N–H and O–H groups in total. The van der Waals surface area contributed by atoms with Gasteiger partial charge < -0.3 is 4.90 Å². The Morgan fingerprint density at radius 2 is 1.72 bits per heavy atom. The van der Waals surface area contributed by atoms with Gasteiger partial charge in [-0.2, -0.15) is 4.31 Å². The molecule has 3 rings (SSSR count). The Labute approximate surface area is 174 Å². The van der Waals surface area contributed by atoms with Crippen LogP contribution < -0.4 is 4.90 Å². The summed E-state index contributed by atoms with van der Waals surface area (Å²) in [6, 6.07) is 12.8. The standard InChI is InChI=1S/C23H30N2O3S/c1-17(2)19-9-8-10-20(15-19)24(4)23(26)22-16-21(12-11-18(22)3)29(27,28)25-13-6-5-7-14-25/h8-12,15-17H,5-7,13-14H2,1-4H3. The number of anilines is 1. The van der Waals surface area contributed by atoms with E-state index in [9.17, 15) is 13.2 Å². The molecule has 0 atom stereocenters.